The SMILES string of the molecule is CCC1=Cc2c(-c3ccccc3)cccc2C1[Si]. The summed E-state index contributed by atoms with van der Waals surface area (Å²) in [4.78, 5) is 0. The zero-order valence-corrected chi connectivity index (χ0v) is 11.5. The fourth-order valence-electron chi connectivity index (χ4n) is 2.64. The van der Waals surface area contributed by atoms with Crippen LogP contribution in [0.2, 0.25) is 0 Å². The highest BCUT2D eigenvalue weighted by molar-refractivity contribution is 6.16. The molecule has 0 nitrogen and oxygen atoms in total. The molecule has 0 heterocycles. The lowest BCUT2D eigenvalue weighted by molar-refractivity contribution is 1.01. The van der Waals surface area contributed by atoms with Crippen LogP contribution >= 0.6 is 0 Å². The first-order valence-corrected chi connectivity index (χ1v) is 6.99. The molecule has 0 saturated heterocycles. The monoisotopic (exact) mass is 247 g/mol. The maximum absolute atomic E-state index is 3.86. The van der Waals surface area contributed by atoms with Gasteiger partial charge in [-0.3, -0.25) is 0 Å². The number of allylic oxidation sites excluding steroid dienone is 1. The zero-order chi connectivity index (χ0) is 12.5. The van der Waals surface area contributed by atoms with Crippen LogP contribution in [0.5, 0.6) is 0 Å². The van der Waals surface area contributed by atoms with Gasteiger partial charge in [0, 0.05) is 10.2 Å². The fraction of sp³-hybridized carbons (Fsp3) is 0.176. The minimum atomic E-state index is 0.383. The summed E-state index contributed by atoms with van der Waals surface area (Å²) < 4.78 is 0. The molecule has 3 rings (SSSR count). The van der Waals surface area contributed by atoms with Gasteiger partial charge in [-0.25, -0.2) is 0 Å². The van der Waals surface area contributed by atoms with Gasteiger partial charge in [0.15, 0.2) is 0 Å². The first-order valence-electron chi connectivity index (χ1n) is 6.41. The second kappa shape index (κ2) is 4.58. The molecule has 0 aliphatic heterocycles. The van der Waals surface area contributed by atoms with E-state index in [4.69, 9.17) is 0 Å². The maximum atomic E-state index is 3.86. The summed E-state index contributed by atoms with van der Waals surface area (Å²) in [7, 11) is 3.86. The van der Waals surface area contributed by atoms with E-state index in [2.05, 4.69) is 71.8 Å². The molecule has 3 radical (unpaired) electrons. The van der Waals surface area contributed by atoms with E-state index in [1.807, 2.05) is 0 Å². The summed E-state index contributed by atoms with van der Waals surface area (Å²) >= 11 is 0. The van der Waals surface area contributed by atoms with Crippen molar-refractivity contribution in [1.29, 1.82) is 0 Å². The van der Waals surface area contributed by atoms with E-state index < -0.39 is 0 Å². The van der Waals surface area contributed by atoms with Gasteiger partial charge in [0.1, 0.15) is 0 Å². The molecule has 0 amide bonds. The van der Waals surface area contributed by atoms with Gasteiger partial charge in [0.05, 0.1) is 0 Å². The van der Waals surface area contributed by atoms with Crippen LogP contribution in [0.15, 0.2) is 54.1 Å². The molecule has 1 heteroatoms. The van der Waals surface area contributed by atoms with E-state index in [1.54, 1.807) is 0 Å². The van der Waals surface area contributed by atoms with Gasteiger partial charge in [0.25, 0.3) is 0 Å². The lowest BCUT2D eigenvalue weighted by Gasteiger charge is -2.11. The highest BCUT2D eigenvalue weighted by Crippen LogP contribution is 2.40. The van der Waals surface area contributed by atoms with E-state index in [-0.39, 0.29) is 0 Å². The van der Waals surface area contributed by atoms with Crippen LogP contribution in [0, 0.1) is 0 Å². The molecule has 2 aromatic rings. The smallest absolute Gasteiger partial charge is 0.0392 e. The second-order valence-corrected chi connectivity index (χ2v) is 5.26. The van der Waals surface area contributed by atoms with Crippen LogP contribution in [0.3, 0.4) is 0 Å². The lowest BCUT2D eigenvalue weighted by Crippen LogP contribution is -1.97. The average molecular weight is 247 g/mol. The van der Waals surface area contributed by atoms with Crippen LogP contribution in [-0.4, -0.2) is 10.2 Å². The molecule has 1 unspecified atom stereocenters. The Hall–Kier alpha value is -1.60. The summed E-state index contributed by atoms with van der Waals surface area (Å²) in [5, 5.41) is 0. The number of rotatable bonds is 2. The summed E-state index contributed by atoms with van der Waals surface area (Å²) in [6.07, 6.45) is 3.44. The molecular formula is C17H15Si. The Morgan fingerprint density at radius 2 is 1.78 bits per heavy atom. The summed E-state index contributed by atoms with van der Waals surface area (Å²) in [5.74, 6) is 0. The molecular weight excluding hydrogens is 232 g/mol. The molecule has 0 bridgehead atoms. The highest BCUT2D eigenvalue weighted by atomic mass is 28.1. The molecule has 0 N–H and O–H groups in total. The van der Waals surface area contributed by atoms with E-state index in [1.165, 1.54) is 27.8 Å². The van der Waals surface area contributed by atoms with Crippen molar-refractivity contribution >= 4 is 16.3 Å². The van der Waals surface area contributed by atoms with E-state index in [9.17, 15) is 0 Å². The minimum Gasteiger partial charge on any atom is -0.0659 e. The molecule has 0 fully saturated rings. The third kappa shape index (κ3) is 1.75. The van der Waals surface area contributed by atoms with E-state index >= 15 is 0 Å². The Kier molecular flexibility index (Phi) is 2.92. The van der Waals surface area contributed by atoms with Gasteiger partial charge in [-0.1, -0.05) is 67.1 Å². The molecule has 0 saturated carbocycles. The van der Waals surface area contributed by atoms with Crippen molar-refractivity contribution in [1.82, 2.24) is 0 Å². The van der Waals surface area contributed by atoms with Crippen molar-refractivity contribution in [3.05, 3.63) is 65.2 Å². The number of hydrogen-bond donors (Lipinski definition) is 0. The molecule has 2 aromatic carbocycles. The molecule has 18 heavy (non-hydrogen) atoms. The summed E-state index contributed by atoms with van der Waals surface area (Å²) in [6, 6.07) is 17.2. The van der Waals surface area contributed by atoms with Crippen molar-refractivity contribution in [3.63, 3.8) is 0 Å². The van der Waals surface area contributed by atoms with Crippen LogP contribution in [-0.2, 0) is 0 Å². The third-order valence-corrected chi connectivity index (χ3v) is 4.33. The van der Waals surface area contributed by atoms with Crippen molar-refractivity contribution in [2.45, 2.75) is 18.9 Å². The van der Waals surface area contributed by atoms with Gasteiger partial charge >= 0.3 is 0 Å². The quantitative estimate of drug-likeness (QED) is 0.691. The second-order valence-electron chi connectivity index (χ2n) is 4.68. The Bertz CT molecular complexity index is 596. The Labute approximate surface area is 112 Å². The van der Waals surface area contributed by atoms with Crippen molar-refractivity contribution in [2.75, 3.05) is 0 Å². The highest BCUT2D eigenvalue weighted by Gasteiger charge is 2.22. The largest absolute Gasteiger partial charge is 0.0659 e. The van der Waals surface area contributed by atoms with Crippen molar-refractivity contribution in [3.8, 4) is 11.1 Å². The minimum absolute atomic E-state index is 0.383. The van der Waals surface area contributed by atoms with E-state index in [0.29, 0.717) is 5.54 Å². The van der Waals surface area contributed by atoms with Crippen LogP contribution in [0.1, 0.15) is 30.0 Å². The van der Waals surface area contributed by atoms with Crippen molar-refractivity contribution in [2.24, 2.45) is 0 Å². The van der Waals surface area contributed by atoms with Crippen molar-refractivity contribution < 1.29 is 0 Å². The predicted octanol–water partition coefficient (Wildman–Crippen LogP) is 4.37. The average Bonchev–Trinajstić information content (AvgIpc) is 2.77. The Balaban J connectivity index is 2.18. The molecule has 1 atom stereocenters. The first kappa shape index (κ1) is 11.5. The zero-order valence-electron chi connectivity index (χ0n) is 10.5. The predicted molar refractivity (Wildman–Crippen MR) is 78.6 cm³/mol. The number of hydrogen-bond acceptors (Lipinski definition) is 0. The number of benzene rings is 2. The van der Waals surface area contributed by atoms with Gasteiger partial charge in [-0.05, 0) is 34.2 Å². The first-order chi connectivity index (χ1) is 8.81. The van der Waals surface area contributed by atoms with Crippen LogP contribution < -0.4 is 0 Å². The fourth-order valence-corrected chi connectivity index (χ4v) is 3.18. The topological polar surface area (TPSA) is 0 Å². The maximum Gasteiger partial charge on any atom is 0.0392 e. The molecule has 1 aliphatic carbocycles. The lowest BCUT2D eigenvalue weighted by atomic mass is 9.97. The molecule has 0 aromatic heterocycles. The third-order valence-electron chi connectivity index (χ3n) is 3.64. The molecule has 87 valence electrons. The van der Waals surface area contributed by atoms with Crippen LogP contribution in [0.4, 0.5) is 0 Å². The normalized spacial score (nSPS) is 17.4. The Morgan fingerprint density at radius 3 is 2.50 bits per heavy atom. The Morgan fingerprint density at radius 1 is 1.00 bits per heavy atom. The van der Waals surface area contributed by atoms with Gasteiger partial charge in [-0.15, -0.1) is 0 Å². The van der Waals surface area contributed by atoms with Gasteiger partial charge in [-0.2, -0.15) is 0 Å². The van der Waals surface area contributed by atoms with Gasteiger partial charge in [0.2, 0.25) is 0 Å². The molecule has 1 aliphatic rings. The number of fused-ring (bicyclic) bond motifs is 1. The van der Waals surface area contributed by atoms with E-state index in [0.717, 1.165) is 6.42 Å². The van der Waals surface area contributed by atoms with Gasteiger partial charge < -0.3 is 0 Å². The molecule has 0 spiro atoms. The standard InChI is InChI=1S/C17H15Si/c1-2-12-11-16-14(13-7-4-3-5-8-13)9-6-10-15(16)17(12)18/h3-11,17H,2H2,1H3. The summed E-state index contributed by atoms with van der Waals surface area (Å²) in [5.41, 5.74) is 7.24. The van der Waals surface area contributed by atoms with Crippen LogP contribution in [0.25, 0.3) is 17.2 Å². The summed E-state index contributed by atoms with van der Waals surface area (Å²) in [6.45, 7) is 2.22.